The molecule has 20 heavy (non-hydrogen) atoms. The maximum Gasteiger partial charge on any atom is 0.192 e. The Hall–Kier alpha value is -1.71. The van der Waals surface area contributed by atoms with Crippen LogP contribution in [0.3, 0.4) is 0 Å². The molecular weight excluding hydrogens is 296 g/mol. The van der Waals surface area contributed by atoms with Gasteiger partial charge < -0.3 is 9.30 Å². The molecule has 2 aromatic rings. The zero-order valence-corrected chi connectivity index (χ0v) is 12.6. The molecular formula is C13H13ClN4OS. The van der Waals surface area contributed by atoms with Crippen molar-refractivity contribution in [2.75, 3.05) is 0 Å². The van der Waals surface area contributed by atoms with E-state index >= 15 is 0 Å². The van der Waals surface area contributed by atoms with E-state index in [-0.39, 0.29) is 5.25 Å². The summed E-state index contributed by atoms with van der Waals surface area (Å²) < 4.78 is 7.44. The molecule has 1 aromatic heterocycles. The van der Waals surface area contributed by atoms with Gasteiger partial charge in [-0.05, 0) is 31.2 Å². The summed E-state index contributed by atoms with van der Waals surface area (Å²) in [5.41, 5.74) is 0. The lowest BCUT2D eigenvalue weighted by Crippen LogP contribution is -2.05. The molecule has 0 fully saturated rings. The maximum atomic E-state index is 8.80. The van der Waals surface area contributed by atoms with Crippen LogP contribution in [0.2, 0.25) is 5.02 Å². The molecule has 7 heteroatoms. The Bertz CT molecular complexity index is 620. The van der Waals surface area contributed by atoms with E-state index in [2.05, 4.69) is 16.3 Å². The Morgan fingerprint density at radius 3 is 2.75 bits per heavy atom. The van der Waals surface area contributed by atoms with Gasteiger partial charge in [-0.15, -0.1) is 10.2 Å². The van der Waals surface area contributed by atoms with Crippen molar-refractivity contribution in [2.45, 2.75) is 23.9 Å². The van der Waals surface area contributed by atoms with Crippen LogP contribution in [0, 0.1) is 11.3 Å². The first-order valence-corrected chi connectivity index (χ1v) is 7.19. The summed E-state index contributed by atoms with van der Waals surface area (Å²) in [6.45, 7) is 2.13. The standard InChI is InChI=1S/C13H13ClN4OS/c1-9(7-15)20-13-17-16-12(18(13)2)8-19-11-5-3-10(14)4-6-11/h3-6,9H,8H2,1-2H3. The Morgan fingerprint density at radius 2 is 2.10 bits per heavy atom. The van der Waals surface area contributed by atoms with Crippen molar-refractivity contribution in [1.29, 1.82) is 5.26 Å². The van der Waals surface area contributed by atoms with Gasteiger partial charge in [0.1, 0.15) is 12.4 Å². The third-order valence-corrected chi connectivity index (χ3v) is 3.85. The lowest BCUT2D eigenvalue weighted by Gasteiger charge is -2.07. The molecule has 104 valence electrons. The summed E-state index contributed by atoms with van der Waals surface area (Å²) >= 11 is 7.18. The Balaban J connectivity index is 2.00. The van der Waals surface area contributed by atoms with Gasteiger partial charge in [0.2, 0.25) is 0 Å². The van der Waals surface area contributed by atoms with Crippen molar-refractivity contribution in [2.24, 2.45) is 7.05 Å². The van der Waals surface area contributed by atoms with Gasteiger partial charge in [-0.1, -0.05) is 23.4 Å². The monoisotopic (exact) mass is 308 g/mol. The molecule has 2 rings (SSSR count). The van der Waals surface area contributed by atoms with Crippen molar-refractivity contribution in [3.05, 3.63) is 35.1 Å². The fourth-order valence-corrected chi connectivity index (χ4v) is 2.28. The van der Waals surface area contributed by atoms with Gasteiger partial charge >= 0.3 is 0 Å². The van der Waals surface area contributed by atoms with E-state index in [4.69, 9.17) is 21.6 Å². The summed E-state index contributed by atoms with van der Waals surface area (Å²) in [7, 11) is 1.85. The number of benzene rings is 1. The average molecular weight is 309 g/mol. The van der Waals surface area contributed by atoms with Gasteiger partial charge in [-0.25, -0.2) is 0 Å². The molecule has 1 aromatic carbocycles. The molecule has 0 spiro atoms. The SMILES string of the molecule is CC(C#N)Sc1nnc(COc2ccc(Cl)cc2)n1C. The fourth-order valence-electron chi connectivity index (χ4n) is 1.44. The van der Waals surface area contributed by atoms with Crippen molar-refractivity contribution >= 4 is 23.4 Å². The molecule has 1 unspecified atom stereocenters. The third kappa shape index (κ3) is 3.65. The summed E-state index contributed by atoms with van der Waals surface area (Å²) in [4.78, 5) is 0. The highest BCUT2D eigenvalue weighted by atomic mass is 35.5. The first kappa shape index (κ1) is 14.7. The van der Waals surface area contributed by atoms with Gasteiger partial charge in [0.15, 0.2) is 11.0 Å². The molecule has 1 heterocycles. The van der Waals surface area contributed by atoms with E-state index in [9.17, 15) is 0 Å². The molecule has 0 radical (unpaired) electrons. The van der Waals surface area contributed by atoms with Crippen LogP contribution in [-0.2, 0) is 13.7 Å². The van der Waals surface area contributed by atoms with Gasteiger partial charge in [-0.3, -0.25) is 0 Å². The molecule has 0 aliphatic heterocycles. The van der Waals surface area contributed by atoms with Crippen LogP contribution >= 0.6 is 23.4 Å². The van der Waals surface area contributed by atoms with Crippen molar-refractivity contribution in [1.82, 2.24) is 14.8 Å². The van der Waals surface area contributed by atoms with Gasteiger partial charge in [0.25, 0.3) is 0 Å². The van der Waals surface area contributed by atoms with Crippen LogP contribution in [0.15, 0.2) is 29.4 Å². The van der Waals surface area contributed by atoms with E-state index in [1.165, 1.54) is 11.8 Å². The molecule has 0 saturated heterocycles. The number of aromatic nitrogens is 3. The Kier molecular flexibility index (Phi) is 4.88. The predicted molar refractivity (Wildman–Crippen MR) is 77.7 cm³/mol. The van der Waals surface area contributed by atoms with E-state index in [1.807, 2.05) is 18.5 Å². The van der Waals surface area contributed by atoms with Gasteiger partial charge in [0.05, 0.1) is 11.3 Å². The predicted octanol–water partition coefficient (Wildman–Crippen LogP) is 3.05. The molecule has 5 nitrogen and oxygen atoms in total. The number of hydrogen-bond donors (Lipinski definition) is 0. The quantitative estimate of drug-likeness (QED) is 0.794. The van der Waals surface area contributed by atoms with Crippen LogP contribution in [0.4, 0.5) is 0 Å². The largest absolute Gasteiger partial charge is 0.486 e. The summed E-state index contributed by atoms with van der Waals surface area (Å²) in [6, 6.07) is 9.28. The lowest BCUT2D eigenvalue weighted by molar-refractivity contribution is 0.290. The molecule has 0 bridgehead atoms. The second-order valence-electron chi connectivity index (χ2n) is 4.09. The minimum absolute atomic E-state index is 0.164. The fraction of sp³-hybridized carbons (Fsp3) is 0.308. The summed E-state index contributed by atoms with van der Waals surface area (Å²) in [5, 5.41) is 18.1. The molecule has 0 N–H and O–H groups in total. The molecule has 0 amide bonds. The van der Waals surface area contributed by atoms with E-state index in [1.54, 1.807) is 24.3 Å². The van der Waals surface area contributed by atoms with Crippen LogP contribution in [0.1, 0.15) is 12.7 Å². The second-order valence-corrected chi connectivity index (χ2v) is 5.83. The van der Waals surface area contributed by atoms with Crippen molar-refractivity contribution < 1.29 is 4.74 Å². The highest BCUT2D eigenvalue weighted by molar-refractivity contribution is 8.00. The zero-order valence-electron chi connectivity index (χ0n) is 11.1. The Morgan fingerprint density at radius 1 is 1.40 bits per heavy atom. The number of rotatable bonds is 5. The lowest BCUT2D eigenvalue weighted by atomic mass is 10.3. The van der Waals surface area contributed by atoms with Gasteiger partial charge in [-0.2, -0.15) is 5.26 Å². The van der Waals surface area contributed by atoms with Crippen LogP contribution in [-0.4, -0.2) is 20.0 Å². The Labute approximate surface area is 126 Å². The number of ether oxygens (including phenoxy) is 1. The van der Waals surface area contributed by atoms with Crippen molar-refractivity contribution in [3.8, 4) is 11.8 Å². The average Bonchev–Trinajstić information content (AvgIpc) is 2.79. The summed E-state index contributed by atoms with van der Waals surface area (Å²) in [5.74, 6) is 1.42. The topological polar surface area (TPSA) is 63.7 Å². The van der Waals surface area contributed by atoms with E-state index in [0.717, 1.165) is 5.75 Å². The number of halogens is 1. The number of thioether (sulfide) groups is 1. The smallest absolute Gasteiger partial charge is 0.192 e. The highest BCUT2D eigenvalue weighted by Crippen LogP contribution is 2.21. The van der Waals surface area contributed by atoms with Crippen molar-refractivity contribution in [3.63, 3.8) is 0 Å². The minimum Gasteiger partial charge on any atom is -0.486 e. The normalized spacial score (nSPS) is 11.9. The first-order valence-electron chi connectivity index (χ1n) is 5.93. The molecule has 0 aliphatic rings. The summed E-state index contributed by atoms with van der Waals surface area (Å²) in [6.07, 6.45) is 0. The highest BCUT2D eigenvalue weighted by Gasteiger charge is 2.12. The molecule has 1 atom stereocenters. The maximum absolute atomic E-state index is 8.80. The van der Waals surface area contributed by atoms with Crippen LogP contribution < -0.4 is 4.74 Å². The first-order chi connectivity index (χ1) is 9.60. The zero-order chi connectivity index (χ0) is 14.5. The van der Waals surface area contributed by atoms with E-state index < -0.39 is 0 Å². The minimum atomic E-state index is -0.164. The van der Waals surface area contributed by atoms with E-state index in [0.29, 0.717) is 22.6 Å². The molecule has 0 aliphatic carbocycles. The van der Waals surface area contributed by atoms with Crippen LogP contribution in [0.25, 0.3) is 0 Å². The third-order valence-electron chi connectivity index (χ3n) is 2.57. The number of hydrogen-bond acceptors (Lipinski definition) is 5. The van der Waals surface area contributed by atoms with Gasteiger partial charge in [0, 0.05) is 12.1 Å². The second kappa shape index (κ2) is 6.64. The van der Waals surface area contributed by atoms with Crippen LogP contribution in [0.5, 0.6) is 5.75 Å². The molecule has 0 saturated carbocycles. The number of nitriles is 1. The number of nitrogens with zero attached hydrogens (tertiary/aromatic N) is 4.